The fraction of sp³-hybridized carbons (Fsp3) is 0.100. The molecule has 0 spiro atoms. The maximum absolute atomic E-state index is 13.6. The molecule has 8 nitrogen and oxygen atoms in total. The average Bonchev–Trinajstić information content (AvgIpc) is 3.25. The van der Waals surface area contributed by atoms with Crippen molar-refractivity contribution < 1.29 is 22.8 Å². The van der Waals surface area contributed by atoms with Crippen molar-refractivity contribution in [3.8, 4) is 40.2 Å². The number of benzene rings is 2. The maximum Gasteiger partial charge on any atom is 0.282 e. The van der Waals surface area contributed by atoms with E-state index in [0.717, 1.165) is 12.1 Å². The van der Waals surface area contributed by atoms with Crippen molar-refractivity contribution in [2.45, 2.75) is 0 Å². The molecule has 30 heavy (non-hydrogen) atoms. The maximum atomic E-state index is 13.6. The molecule has 0 amide bonds. The van der Waals surface area contributed by atoms with E-state index in [1.807, 2.05) is 0 Å². The van der Waals surface area contributed by atoms with Crippen molar-refractivity contribution >= 4 is 0 Å². The Labute approximate surface area is 168 Å². The van der Waals surface area contributed by atoms with Gasteiger partial charge in [0.25, 0.3) is 5.89 Å². The van der Waals surface area contributed by atoms with Gasteiger partial charge in [-0.25, -0.2) is 13.5 Å². The normalized spacial score (nSPS) is 10.8. The summed E-state index contributed by atoms with van der Waals surface area (Å²) in [6.07, 6.45) is 1.32. The van der Waals surface area contributed by atoms with Crippen LogP contribution in [-0.4, -0.2) is 34.1 Å². The third kappa shape index (κ3) is 3.39. The van der Waals surface area contributed by atoms with Gasteiger partial charge in [0, 0.05) is 18.3 Å². The molecule has 4 rings (SSSR count). The zero-order valence-corrected chi connectivity index (χ0v) is 15.8. The highest BCUT2D eigenvalue weighted by atomic mass is 19.2. The van der Waals surface area contributed by atoms with E-state index in [4.69, 9.17) is 14.0 Å². The molecule has 152 valence electrons. The van der Waals surface area contributed by atoms with Crippen LogP contribution in [0.5, 0.6) is 11.5 Å². The van der Waals surface area contributed by atoms with Gasteiger partial charge in [-0.15, -0.1) is 0 Å². The number of nitrogens with zero attached hydrogens (tertiary/aromatic N) is 4. The van der Waals surface area contributed by atoms with Crippen molar-refractivity contribution in [3.63, 3.8) is 0 Å². The number of para-hydroxylation sites is 1. The molecule has 0 aliphatic rings. The number of methoxy groups -OCH3 is 2. The number of hydrogen-bond donors (Lipinski definition) is 0. The van der Waals surface area contributed by atoms with Gasteiger partial charge >= 0.3 is 0 Å². The van der Waals surface area contributed by atoms with E-state index in [1.165, 1.54) is 37.2 Å². The number of hydrogen-bond acceptors (Lipinski definition) is 7. The summed E-state index contributed by atoms with van der Waals surface area (Å²) in [7, 11) is 2.97. The predicted octanol–water partition coefficient (Wildman–Crippen LogP) is 3.24. The Morgan fingerprint density at radius 2 is 1.87 bits per heavy atom. The van der Waals surface area contributed by atoms with E-state index in [-0.39, 0.29) is 23.1 Å². The molecule has 4 aromatic rings. The monoisotopic (exact) mass is 412 g/mol. The first kappa shape index (κ1) is 19.2. The van der Waals surface area contributed by atoms with Crippen LogP contribution >= 0.6 is 0 Å². The molecular weight excluding hydrogens is 398 g/mol. The van der Waals surface area contributed by atoms with E-state index in [2.05, 4.69) is 15.2 Å². The van der Waals surface area contributed by atoms with Gasteiger partial charge in [0.1, 0.15) is 0 Å². The van der Waals surface area contributed by atoms with Crippen LogP contribution in [0, 0.1) is 11.6 Å². The lowest BCUT2D eigenvalue weighted by Crippen LogP contribution is -2.13. The summed E-state index contributed by atoms with van der Waals surface area (Å²) in [6.45, 7) is 0. The molecule has 0 fully saturated rings. The lowest BCUT2D eigenvalue weighted by molar-refractivity contribution is 0.355. The van der Waals surface area contributed by atoms with Crippen LogP contribution in [0.3, 0.4) is 0 Å². The summed E-state index contributed by atoms with van der Waals surface area (Å²) in [4.78, 5) is 16.5. The highest BCUT2D eigenvalue weighted by Gasteiger charge is 2.20. The van der Waals surface area contributed by atoms with Crippen molar-refractivity contribution in [2.24, 2.45) is 0 Å². The smallest absolute Gasteiger partial charge is 0.282 e. The van der Waals surface area contributed by atoms with Crippen molar-refractivity contribution in [1.29, 1.82) is 0 Å². The fourth-order valence-electron chi connectivity index (χ4n) is 2.82. The summed E-state index contributed by atoms with van der Waals surface area (Å²) in [5.74, 6) is -1.15. The fourth-order valence-corrected chi connectivity index (χ4v) is 2.82. The van der Waals surface area contributed by atoms with Gasteiger partial charge in [-0.1, -0.05) is 11.2 Å². The third-order valence-corrected chi connectivity index (χ3v) is 4.25. The molecule has 2 heterocycles. The van der Waals surface area contributed by atoms with E-state index in [1.54, 1.807) is 18.2 Å². The largest absolute Gasteiger partial charge is 0.493 e. The molecule has 10 heteroatoms. The highest BCUT2D eigenvalue weighted by molar-refractivity contribution is 5.69. The van der Waals surface area contributed by atoms with Crippen LogP contribution in [0.25, 0.3) is 28.7 Å². The molecule has 2 aromatic heterocycles. The van der Waals surface area contributed by atoms with Crippen molar-refractivity contribution in [3.05, 3.63) is 70.5 Å². The van der Waals surface area contributed by atoms with Crippen LogP contribution in [0.4, 0.5) is 8.78 Å². The molecule has 2 aromatic carbocycles. The highest BCUT2D eigenvalue weighted by Crippen LogP contribution is 2.36. The second kappa shape index (κ2) is 7.74. The minimum Gasteiger partial charge on any atom is -0.493 e. The second-order valence-corrected chi connectivity index (χ2v) is 6.04. The summed E-state index contributed by atoms with van der Waals surface area (Å²) in [6, 6.07) is 9.58. The molecule has 0 saturated heterocycles. The lowest BCUT2D eigenvalue weighted by atomic mass is 10.1. The Bertz CT molecular complexity index is 1290. The SMILES string of the molecule is COc1cccc(-c2noc(-c3nn(-c4ccc(F)c(F)c4)ccc3=O)n2)c1OC. The number of ether oxygens (including phenoxy) is 2. The predicted molar refractivity (Wildman–Crippen MR) is 102 cm³/mol. The second-order valence-electron chi connectivity index (χ2n) is 6.04. The Hall–Kier alpha value is -4.08. The number of halogens is 2. The summed E-state index contributed by atoms with van der Waals surface area (Å²) >= 11 is 0. The Morgan fingerprint density at radius 1 is 1.03 bits per heavy atom. The van der Waals surface area contributed by atoms with Crippen LogP contribution in [0.2, 0.25) is 0 Å². The number of rotatable bonds is 5. The first-order valence-electron chi connectivity index (χ1n) is 8.62. The number of aromatic nitrogens is 4. The van der Waals surface area contributed by atoms with Gasteiger partial charge in [0.05, 0.1) is 25.5 Å². The van der Waals surface area contributed by atoms with Gasteiger partial charge in [-0.2, -0.15) is 10.1 Å². The molecule has 0 radical (unpaired) electrons. The van der Waals surface area contributed by atoms with Gasteiger partial charge < -0.3 is 14.0 Å². The van der Waals surface area contributed by atoms with Crippen molar-refractivity contribution in [2.75, 3.05) is 14.2 Å². The minimum atomic E-state index is -1.04. The standard InChI is InChI=1S/C20H14F2N4O4/c1-28-16-5-3-4-12(18(16)29-2)19-23-20(30-25-19)17-15(27)8-9-26(24-17)11-6-7-13(21)14(22)10-11/h3-10H,1-2H3. The van der Waals surface area contributed by atoms with Crippen LogP contribution in [0.15, 0.2) is 58.0 Å². The molecule has 0 atom stereocenters. The lowest BCUT2D eigenvalue weighted by Gasteiger charge is -2.09. The van der Waals surface area contributed by atoms with Gasteiger partial charge in [0.2, 0.25) is 11.3 Å². The van der Waals surface area contributed by atoms with Gasteiger partial charge in [-0.3, -0.25) is 4.79 Å². The molecule has 0 aliphatic carbocycles. The zero-order valence-electron chi connectivity index (χ0n) is 15.8. The minimum absolute atomic E-state index is 0.142. The van der Waals surface area contributed by atoms with Gasteiger partial charge in [-0.05, 0) is 24.3 Å². The first-order chi connectivity index (χ1) is 14.5. The van der Waals surface area contributed by atoms with E-state index in [9.17, 15) is 13.6 Å². The molecule has 0 unspecified atom stereocenters. The van der Waals surface area contributed by atoms with Gasteiger partial charge in [0.15, 0.2) is 28.8 Å². The Balaban J connectivity index is 1.77. The Morgan fingerprint density at radius 3 is 2.60 bits per heavy atom. The summed E-state index contributed by atoms with van der Waals surface area (Å²) in [5, 5.41) is 8.03. The molecule has 0 saturated carbocycles. The van der Waals surface area contributed by atoms with Crippen molar-refractivity contribution in [1.82, 2.24) is 19.9 Å². The molecule has 0 N–H and O–H groups in total. The van der Waals surface area contributed by atoms with E-state index >= 15 is 0 Å². The van der Waals surface area contributed by atoms with Crippen LogP contribution in [-0.2, 0) is 0 Å². The molecule has 0 bridgehead atoms. The quantitative estimate of drug-likeness (QED) is 0.497. The topological polar surface area (TPSA) is 92.3 Å². The third-order valence-electron chi connectivity index (χ3n) is 4.25. The summed E-state index contributed by atoms with van der Waals surface area (Å²) in [5.41, 5.74) is 0.0672. The molecule has 0 aliphatic heterocycles. The van der Waals surface area contributed by atoms with E-state index in [0.29, 0.717) is 17.1 Å². The summed E-state index contributed by atoms with van der Waals surface area (Å²) < 4.78 is 43.8. The Kier molecular flexibility index (Phi) is 4.97. The zero-order chi connectivity index (χ0) is 21.3. The average molecular weight is 412 g/mol. The first-order valence-corrected chi connectivity index (χ1v) is 8.62. The van der Waals surface area contributed by atoms with E-state index < -0.39 is 17.1 Å². The van der Waals surface area contributed by atoms with Crippen LogP contribution in [0.1, 0.15) is 0 Å². The van der Waals surface area contributed by atoms with Crippen LogP contribution < -0.4 is 14.9 Å². The molecular formula is C20H14F2N4O4.